The van der Waals surface area contributed by atoms with E-state index in [9.17, 15) is 4.39 Å². The van der Waals surface area contributed by atoms with Crippen LogP contribution >= 0.6 is 11.3 Å². The lowest BCUT2D eigenvalue weighted by Crippen LogP contribution is -2.01. The summed E-state index contributed by atoms with van der Waals surface area (Å²) in [4.78, 5) is 0.931. The molecule has 3 aromatic heterocycles. The standard InChI is InChI=1S/C26H18FN5OS/c27-20-3-1-4-21(14-20)33-10-2-5-22-12-19(16-34-22)25-24-13-18-7-6-17(15-32-9-8-28-31-32)11-23(18)26(24)30-29-25/h1,3-4,6-9,11-12,14,16H,10,13,15H2,(H,29,30). The number of benzene rings is 2. The molecule has 8 heteroatoms. The van der Waals surface area contributed by atoms with Crippen LogP contribution in [0.15, 0.2) is 66.3 Å². The number of rotatable bonds is 5. The van der Waals surface area contributed by atoms with Gasteiger partial charge in [-0.05, 0) is 35.4 Å². The van der Waals surface area contributed by atoms with Crippen LogP contribution in [0.25, 0.3) is 22.5 Å². The zero-order valence-electron chi connectivity index (χ0n) is 18.0. The number of nitrogens with one attached hydrogen (secondary N) is 1. The minimum atomic E-state index is -0.325. The van der Waals surface area contributed by atoms with Crippen molar-refractivity contribution in [3.63, 3.8) is 0 Å². The van der Waals surface area contributed by atoms with Crippen molar-refractivity contribution in [2.45, 2.75) is 13.0 Å². The van der Waals surface area contributed by atoms with Crippen LogP contribution in [0.5, 0.6) is 5.75 Å². The van der Waals surface area contributed by atoms with E-state index >= 15 is 0 Å². The first-order chi connectivity index (χ1) is 16.7. The zero-order valence-corrected chi connectivity index (χ0v) is 18.8. The Morgan fingerprint density at radius 2 is 2.15 bits per heavy atom. The molecule has 0 saturated heterocycles. The van der Waals surface area contributed by atoms with E-state index in [-0.39, 0.29) is 12.4 Å². The molecule has 2 aromatic carbocycles. The number of aromatic amines is 1. The molecule has 0 bridgehead atoms. The minimum Gasteiger partial charge on any atom is -0.481 e. The molecule has 3 heterocycles. The topological polar surface area (TPSA) is 68.6 Å². The zero-order chi connectivity index (χ0) is 22.9. The van der Waals surface area contributed by atoms with E-state index in [1.54, 1.807) is 29.7 Å². The summed E-state index contributed by atoms with van der Waals surface area (Å²) >= 11 is 1.57. The van der Waals surface area contributed by atoms with Crippen molar-refractivity contribution in [2.75, 3.05) is 6.61 Å². The predicted molar refractivity (Wildman–Crippen MR) is 128 cm³/mol. The minimum absolute atomic E-state index is 0.195. The fourth-order valence-corrected chi connectivity index (χ4v) is 4.89. The van der Waals surface area contributed by atoms with Crippen molar-refractivity contribution in [3.8, 4) is 40.1 Å². The number of fused-ring (bicyclic) bond motifs is 3. The van der Waals surface area contributed by atoms with Gasteiger partial charge in [-0.2, -0.15) is 5.10 Å². The Morgan fingerprint density at radius 3 is 3.03 bits per heavy atom. The number of hydrogen-bond acceptors (Lipinski definition) is 5. The van der Waals surface area contributed by atoms with Crippen LogP contribution in [-0.4, -0.2) is 31.8 Å². The second kappa shape index (κ2) is 8.61. The maximum atomic E-state index is 13.2. The highest BCUT2D eigenvalue weighted by Gasteiger charge is 2.25. The van der Waals surface area contributed by atoms with E-state index in [4.69, 9.17) is 4.74 Å². The van der Waals surface area contributed by atoms with Gasteiger partial charge in [0.25, 0.3) is 0 Å². The van der Waals surface area contributed by atoms with E-state index in [0.29, 0.717) is 12.3 Å². The molecule has 0 atom stereocenters. The Labute approximate surface area is 199 Å². The van der Waals surface area contributed by atoms with Crippen molar-refractivity contribution < 1.29 is 9.13 Å². The predicted octanol–water partition coefficient (Wildman–Crippen LogP) is 4.92. The van der Waals surface area contributed by atoms with E-state index in [1.165, 1.54) is 34.4 Å². The molecule has 6 rings (SSSR count). The van der Waals surface area contributed by atoms with E-state index in [1.807, 2.05) is 10.9 Å². The van der Waals surface area contributed by atoms with Crippen molar-refractivity contribution >= 4 is 11.3 Å². The summed E-state index contributed by atoms with van der Waals surface area (Å²) in [6.07, 6.45) is 4.39. The van der Waals surface area contributed by atoms with Crippen LogP contribution in [0.1, 0.15) is 21.6 Å². The first kappa shape index (κ1) is 20.4. The Kier molecular flexibility index (Phi) is 5.17. The normalized spacial score (nSPS) is 11.6. The Hall–Kier alpha value is -4.22. The third kappa shape index (κ3) is 3.98. The molecule has 34 heavy (non-hydrogen) atoms. The van der Waals surface area contributed by atoms with Gasteiger partial charge in [-0.1, -0.05) is 35.3 Å². The van der Waals surface area contributed by atoms with Gasteiger partial charge in [-0.25, -0.2) is 9.07 Å². The lowest BCUT2D eigenvalue weighted by molar-refractivity contribution is 0.368. The second-order valence-electron chi connectivity index (χ2n) is 7.94. The average Bonchev–Trinajstić information content (AvgIpc) is 3.62. The van der Waals surface area contributed by atoms with Gasteiger partial charge in [0, 0.05) is 40.8 Å². The smallest absolute Gasteiger partial charge is 0.149 e. The molecule has 1 aliphatic carbocycles. The highest BCUT2D eigenvalue weighted by Crippen LogP contribution is 2.41. The van der Waals surface area contributed by atoms with E-state index < -0.39 is 0 Å². The quantitative estimate of drug-likeness (QED) is 0.366. The molecule has 166 valence electrons. The van der Waals surface area contributed by atoms with Crippen LogP contribution < -0.4 is 4.74 Å². The van der Waals surface area contributed by atoms with E-state index in [0.717, 1.165) is 28.2 Å². The summed E-state index contributed by atoms with van der Waals surface area (Å²) in [6.45, 7) is 0.875. The Bertz CT molecular complexity index is 1540. The third-order valence-corrected chi connectivity index (χ3v) is 6.53. The van der Waals surface area contributed by atoms with Crippen LogP contribution in [0, 0.1) is 17.7 Å². The highest BCUT2D eigenvalue weighted by atomic mass is 32.1. The first-order valence-electron chi connectivity index (χ1n) is 10.7. The maximum Gasteiger partial charge on any atom is 0.149 e. The Balaban J connectivity index is 1.18. The highest BCUT2D eigenvalue weighted by molar-refractivity contribution is 7.11. The molecule has 1 N–H and O–H groups in total. The Morgan fingerprint density at radius 1 is 1.18 bits per heavy atom. The summed E-state index contributed by atoms with van der Waals surface area (Å²) in [7, 11) is 0. The number of nitrogens with zero attached hydrogens (tertiary/aromatic N) is 4. The second-order valence-corrected chi connectivity index (χ2v) is 8.85. The van der Waals surface area contributed by atoms with Gasteiger partial charge in [-0.15, -0.1) is 16.4 Å². The number of halogens is 1. The van der Waals surface area contributed by atoms with Crippen LogP contribution in [0.4, 0.5) is 4.39 Å². The lowest BCUT2D eigenvalue weighted by atomic mass is 10.1. The van der Waals surface area contributed by atoms with Crippen molar-refractivity contribution in [1.82, 2.24) is 25.2 Å². The first-order valence-corrected chi connectivity index (χ1v) is 11.6. The SMILES string of the molecule is Fc1cccc(OCC#Cc2cc(-c3n[nH]c4c3Cc3ccc(Cn5ccnn5)cc3-4)cs2)c1. The van der Waals surface area contributed by atoms with Crippen LogP contribution in [0.2, 0.25) is 0 Å². The maximum absolute atomic E-state index is 13.2. The van der Waals surface area contributed by atoms with Gasteiger partial charge in [0.2, 0.25) is 0 Å². The summed E-state index contributed by atoms with van der Waals surface area (Å²) in [5.41, 5.74) is 7.94. The molecule has 0 spiro atoms. The molecular formula is C26H18FN5OS. The molecule has 0 aliphatic heterocycles. The van der Waals surface area contributed by atoms with Gasteiger partial charge in [0.1, 0.15) is 18.2 Å². The summed E-state index contributed by atoms with van der Waals surface area (Å²) in [5.74, 6) is 6.26. The largest absolute Gasteiger partial charge is 0.481 e. The number of ether oxygens (including phenoxy) is 1. The van der Waals surface area contributed by atoms with Gasteiger partial charge < -0.3 is 4.74 Å². The summed E-state index contributed by atoms with van der Waals surface area (Å²) in [5, 5.41) is 17.9. The molecule has 6 nitrogen and oxygen atoms in total. The third-order valence-electron chi connectivity index (χ3n) is 5.69. The molecule has 5 aromatic rings. The molecule has 0 unspecified atom stereocenters. The summed E-state index contributed by atoms with van der Waals surface area (Å²) < 4.78 is 20.5. The molecule has 0 amide bonds. The van der Waals surface area contributed by atoms with Crippen LogP contribution in [0.3, 0.4) is 0 Å². The molecule has 0 radical (unpaired) electrons. The molecule has 1 aliphatic rings. The fourth-order valence-electron chi connectivity index (χ4n) is 4.13. The fraction of sp³-hybridized carbons (Fsp3) is 0.115. The van der Waals surface area contributed by atoms with E-state index in [2.05, 4.69) is 62.0 Å². The average molecular weight is 468 g/mol. The molecular weight excluding hydrogens is 449 g/mol. The van der Waals surface area contributed by atoms with Crippen molar-refractivity contribution in [3.05, 3.63) is 93.7 Å². The number of thiophene rings is 1. The van der Waals surface area contributed by atoms with Gasteiger partial charge >= 0.3 is 0 Å². The van der Waals surface area contributed by atoms with Crippen molar-refractivity contribution in [2.24, 2.45) is 0 Å². The molecule has 0 fully saturated rings. The number of H-pyrrole nitrogens is 1. The summed E-state index contributed by atoms with van der Waals surface area (Å²) in [6, 6.07) is 14.6. The number of hydrogen-bond donors (Lipinski definition) is 1. The van der Waals surface area contributed by atoms with Gasteiger partial charge in [0.15, 0.2) is 0 Å². The monoisotopic (exact) mass is 467 g/mol. The van der Waals surface area contributed by atoms with Gasteiger partial charge in [0.05, 0.1) is 29.0 Å². The number of aromatic nitrogens is 5. The molecule has 0 saturated carbocycles. The van der Waals surface area contributed by atoms with Gasteiger partial charge in [-0.3, -0.25) is 5.10 Å². The van der Waals surface area contributed by atoms with Crippen LogP contribution in [-0.2, 0) is 13.0 Å². The lowest BCUT2D eigenvalue weighted by Gasteiger charge is -2.05. The van der Waals surface area contributed by atoms with Crippen molar-refractivity contribution in [1.29, 1.82) is 0 Å².